The van der Waals surface area contributed by atoms with Crippen molar-refractivity contribution in [2.24, 2.45) is 0 Å². The zero-order valence-corrected chi connectivity index (χ0v) is 16.3. The van der Waals surface area contributed by atoms with Crippen LogP contribution in [0.4, 0.5) is 0 Å². The van der Waals surface area contributed by atoms with Crippen molar-refractivity contribution in [3.05, 3.63) is 30.2 Å². The normalized spacial score (nSPS) is 15.3. The quantitative estimate of drug-likeness (QED) is 0.580. The van der Waals surface area contributed by atoms with Crippen molar-refractivity contribution in [1.82, 2.24) is 30.2 Å². The second-order valence-electron chi connectivity index (χ2n) is 6.25. The molecule has 0 aliphatic carbocycles. The Kier molecular flexibility index (Phi) is 7.46. The summed E-state index contributed by atoms with van der Waals surface area (Å²) in [6.45, 7) is 10.8. The number of piperidine rings is 1. The molecule has 9 heteroatoms. The summed E-state index contributed by atoms with van der Waals surface area (Å²) in [7, 11) is 0. The summed E-state index contributed by atoms with van der Waals surface area (Å²) in [6, 6.07) is 0. The summed E-state index contributed by atoms with van der Waals surface area (Å²) < 4.78 is 7.46. The van der Waals surface area contributed by atoms with Gasteiger partial charge in [-0.15, -0.1) is 29.2 Å². The Labute approximate surface area is 158 Å². The lowest BCUT2D eigenvalue weighted by molar-refractivity contribution is 0.382. The molecule has 1 aliphatic rings. The van der Waals surface area contributed by atoms with Crippen LogP contribution in [0, 0.1) is 0 Å². The molecule has 1 saturated heterocycles. The van der Waals surface area contributed by atoms with Crippen molar-refractivity contribution in [2.75, 3.05) is 13.1 Å². The highest BCUT2D eigenvalue weighted by Crippen LogP contribution is 2.28. The van der Waals surface area contributed by atoms with E-state index in [2.05, 4.69) is 36.8 Å². The van der Waals surface area contributed by atoms with Gasteiger partial charge in [-0.25, -0.2) is 0 Å². The molecule has 3 rings (SSSR count). The first-order valence-electron chi connectivity index (χ1n) is 8.39. The van der Waals surface area contributed by atoms with Gasteiger partial charge in [0.15, 0.2) is 11.0 Å². The van der Waals surface area contributed by atoms with Gasteiger partial charge in [0.05, 0.1) is 5.75 Å². The van der Waals surface area contributed by atoms with E-state index in [1.54, 1.807) is 11.8 Å². The number of nitrogens with one attached hydrogen (secondary N) is 1. The van der Waals surface area contributed by atoms with Gasteiger partial charge >= 0.3 is 0 Å². The summed E-state index contributed by atoms with van der Waals surface area (Å²) in [5.74, 6) is 3.76. The summed E-state index contributed by atoms with van der Waals surface area (Å²) in [6.07, 6.45) is 4.09. The van der Waals surface area contributed by atoms with Gasteiger partial charge in [0.25, 0.3) is 0 Å². The van der Waals surface area contributed by atoms with Crippen LogP contribution in [0.25, 0.3) is 0 Å². The smallest absolute Gasteiger partial charge is 0.237 e. The highest BCUT2D eigenvalue weighted by atomic mass is 35.5. The van der Waals surface area contributed by atoms with E-state index in [0.29, 0.717) is 17.6 Å². The monoisotopic (exact) mass is 384 g/mol. The predicted octanol–water partition coefficient (Wildman–Crippen LogP) is 3.15. The number of aromatic nitrogens is 5. The van der Waals surface area contributed by atoms with E-state index in [4.69, 9.17) is 4.52 Å². The predicted molar refractivity (Wildman–Crippen MR) is 100 cm³/mol. The van der Waals surface area contributed by atoms with Crippen LogP contribution in [0.15, 0.2) is 22.3 Å². The Hall–Kier alpha value is -1.38. The van der Waals surface area contributed by atoms with Crippen LogP contribution >= 0.6 is 24.2 Å². The van der Waals surface area contributed by atoms with E-state index >= 15 is 0 Å². The molecule has 0 radical (unpaired) electrons. The minimum Gasteiger partial charge on any atom is -0.338 e. The van der Waals surface area contributed by atoms with Gasteiger partial charge in [-0.05, 0) is 25.9 Å². The molecule has 138 valence electrons. The van der Waals surface area contributed by atoms with Crippen molar-refractivity contribution in [1.29, 1.82) is 0 Å². The summed E-state index contributed by atoms with van der Waals surface area (Å²) in [5, 5.41) is 17.1. The van der Waals surface area contributed by atoms with Crippen LogP contribution in [0.5, 0.6) is 0 Å². The van der Waals surface area contributed by atoms with E-state index in [1.165, 1.54) is 0 Å². The van der Waals surface area contributed by atoms with Crippen molar-refractivity contribution in [3.63, 3.8) is 0 Å². The molecule has 0 unspecified atom stereocenters. The first kappa shape index (κ1) is 19.9. The highest BCUT2D eigenvalue weighted by Gasteiger charge is 2.23. The fourth-order valence-electron chi connectivity index (χ4n) is 2.78. The van der Waals surface area contributed by atoms with Gasteiger partial charge in [0.1, 0.15) is 5.82 Å². The van der Waals surface area contributed by atoms with Crippen LogP contribution in [0.3, 0.4) is 0 Å². The first-order chi connectivity index (χ1) is 11.7. The SMILES string of the molecule is C=CCn1c(SCc2nc(C(C)C)no2)nnc1C1CCNCC1.Cl. The zero-order valence-electron chi connectivity index (χ0n) is 14.6. The molecule has 1 N–H and O–H groups in total. The molecule has 2 aromatic rings. The Morgan fingerprint density at radius 2 is 2.12 bits per heavy atom. The lowest BCUT2D eigenvalue weighted by atomic mass is 9.97. The van der Waals surface area contributed by atoms with Crippen LogP contribution < -0.4 is 5.32 Å². The Morgan fingerprint density at radius 3 is 2.76 bits per heavy atom. The second-order valence-corrected chi connectivity index (χ2v) is 7.20. The number of rotatable bonds is 7. The van der Waals surface area contributed by atoms with Gasteiger partial charge in [-0.1, -0.05) is 36.8 Å². The van der Waals surface area contributed by atoms with Gasteiger partial charge < -0.3 is 14.4 Å². The number of nitrogens with zero attached hydrogens (tertiary/aromatic N) is 5. The van der Waals surface area contributed by atoms with Crippen LogP contribution in [-0.2, 0) is 12.3 Å². The average molecular weight is 385 g/mol. The lowest BCUT2D eigenvalue weighted by Crippen LogP contribution is -2.28. The third kappa shape index (κ3) is 4.83. The highest BCUT2D eigenvalue weighted by molar-refractivity contribution is 7.98. The number of thioether (sulfide) groups is 1. The van der Waals surface area contributed by atoms with E-state index in [-0.39, 0.29) is 18.3 Å². The first-order valence-corrected chi connectivity index (χ1v) is 9.37. The number of hydrogen-bond acceptors (Lipinski definition) is 7. The minimum absolute atomic E-state index is 0. The largest absolute Gasteiger partial charge is 0.338 e. The molecular weight excluding hydrogens is 360 g/mol. The van der Waals surface area contributed by atoms with Gasteiger partial charge in [-0.2, -0.15) is 4.98 Å². The van der Waals surface area contributed by atoms with Crippen molar-refractivity contribution in [2.45, 2.75) is 56.0 Å². The number of halogens is 1. The van der Waals surface area contributed by atoms with E-state index in [9.17, 15) is 0 Å². The molecule has 1 aliphatic heterocycles. The average Bonchev–Trinajstić information content (AvgIpc) is 3.21. The molecule has 0 aromatic carbocycles. The Balaban J connectivity index is 0.00000225. The Morgan fingerprint density at radius 1 is 1.36 bits per heavy atom. The van der Waals surface area contributed by atoms with Crippen LogP contribution in [0.1, 0.15) is 56.1 Å². The lowest BCUT2D eigenvalue weighted by Gasteiger charge is -2.22. The maximum Gasteiger partial charge on any atom is 0.237 e. The summed E-state index contributed by atoms with van der Waals surface area (Å²) in [5.41, 5.74) is 0. The third-order valence-corrected chi connectivity index (χ3v) is 5.04. The molecular formula is C16H25ClN6OS. The second kappa shape index (κ2) is 9.35. The molecule has 3 heterocycles. The van der Waals surface area contributed by atoms with E-state index < -0.39 is 0 Å². The van der Waals surface area contributed by atoms with Gasteiger partial charge in [0.2, 0.25) is 5.89 Å². The minimum atomic E-state index is 0. The van der Waals surface area contributed by atoms with Crippen molar-refractivity contribution in [3.8, 4) is 0 Å². The van der Waals surface area contributed by atoms with Crippen LogP contribution in [-0.4, -0.2) is 38.0 Å². The Bertz CT molecular complexity index is 680. The molecule has 0 atom stereocenters. The molecule has 0 saturated carbocycles. The van der Waals surface area contributed by atoms with E-state index in [1.807, 2.05) is 19.9 Å². The molecule has 7 nitrogen and oxygen atoms in total. The number of allylic oxidation sites excluding steroid dienone is 1. The summed E-state index contributed by atoms with van der Waals surface area (Å²) in [4.78, 5) is 4.41. The zero-order chi connectivity index (χ0) is 16.9. The summed E-state index contributed by atoms with van der Waals surface area (Å²) >= 11 is 1.58. The van der Waals surface area contributed by atoms with Crippen molar-refractivity contribution >= 4 is 24.2 Å². The maximum atomic E-state index is 5.30. The number of hydrogen-bond donors (Lipinski definition) is 1. The van der Waals surface area contributed by atoms with Crippen molar-refractivity contribution < 1.29 is 4.52 Å². The molecule has 1 fully saturated rings. The standard InChI is InChI=1S/C16H24N6OS.ClH/c1-4-9-22-15(12-5-7-17-8-6-12)19-20-16(22)24-10-13-18-14(11(2)3)21-23-13;/h4,11-12,17H,1,5-10H2,2-3H3;1H. The topological polar surface area (TPSA) is 81.7 Å². The molecule has 2 aromatic heterocycles. The van der Waals surface area contributed by atoms with Crippen LogP contribution in [0.2, 0.25) is 0 Å². The van der Waals surface area contributed by atoms with Gasteiger partial charge in [-0.3, -0.25) is 0 Å². The fraction of sp³-hybridized carbons (Fsp3) is 0.625. The fourth-order valence-corrected chi connectivity index (χ4v) is 3.57. The molecule has 0 bridgehead atoms. The molecule has 0 spiro atoms. The molecule has 25 heavy (non-hydrogen) atoms. The van der Waals surface area contributed by atoms with Gasteiger partial charge in [0, 0.05) is 18.4 Å². The third-order valence-electron chi connectivity index (χ3n) is 4.09. The molecule has 0 amide bonds. The maximum absolute atomic E-state index is 5.30. The van der Waals surface area contributed by atoms with E-state index in [0.717, 1.165) is 49.3 Å².